The molecule has 0 saturated heterocycles. The average Bonchev–Trinajstić information content (AvgIpc) is 2.80. The van der Waals surface area contributed by atoms with E-state index >= 15 is 0 Å². The third-order valence-electron chi connectivity index (χ3n) is 3.36. The van der Waals surface area contributed by atoms with E-state index in [4.69, 9.17) is 9.47 Å². The SMILES string of the molecule is COCCn1ncc(OC2CCCCC2)c1C(=O)O. The second-order valence-electron chi connectivity index (χ2n) is 4.76. The van der Waals surface area contributed by atoms with E-state index in [0.717, 1.165) is 25.7 Å². The molecule has 19 heavy (non-hydrogen) atoms. The Balaban J connectivity index is 2.10. The molecule has 2 rings (SSSR count). The van der Waals surface area contributed by atoms with Crippen LogP contribution in [-0.2, 0) is 11.3 Å². The van der Waals surface area contributed by atoms with Gasteiger partial charge in [-0.2, -0.15) is 5.10 Å². The normalized spacial score (nSPS) is 16.5. The van der Waals surface area contributed by atoms with Crippen LogP contribution in [0.3, 0.4) is 0 Å². The largest absolute Gasteiger partial charge is 0.486 e. The van der Waals surface area contributed by atoms with Gasteiger partial charge in [-0.15, -0.1) is 0 Å². The quantitative estimate of drug-likeness (QED) is 0.853. The zero-order chi connectivity index (χ0) is 13.7. The number of carboxylic acids is 1. The van der Waals surface area contributed by atoms with Crippen LogP contribution in [0.15, 0.2) is 6.20 Å². The fourth-order valence-corrected chi connectivity index (χ4v) is 2.38. The molecule has 6 nitrogen and oxygen atoms in total. The van der Waals surface area contributed by atoms with Crippen LogP contribution in [0.5, 0.6) is 5.75 Å². The first kappa shape index (κ1) is 13.9. The summed E-state index contributed by atoms with van der Waals surface area (Å²) in [5.74, 6) is -0.644. The Kier molecular flexibility index (Phi) is 4.79. The topological polar surface area (TPSA) is 73.6 Å². The summed E-state index contributed by atoms with van der Waals surface area (Å²) in [6.07, 6.45) is 7.11. The summed E-state index contributed by atoms with van der Waals surface area (Å²) in [5.41, 5.74) is 0.114. The van der Waals surface area contributed by atoms with Crippen molar-refractivity contribution in [2.75, 3.05) is 13.7 Å². The van der Waals surface area contributed by atoms with Gasteiger partial charge in [-0.05, 0) is 25.7 Å². The molecule has 0 bridgehead atoms. The lowest BCUT2D eigenvalue weighted by Gasteiger charge is -2.22. The van der Waals surface area contributed by atoms with Crippen LogP contribution in [0.2, 0.25) is 0 Å². The second-order valence-corrected chi connectivity index (χ2v) is 4.76. The Morgan fingerprint density at radius 2 is 2.21 bits per heavy atom. The predicted molar refractivity (Wildman–Crippen MR) is 68.6 cm³/mol. The molecule has 6 heteroatoms. The van der Waals surface area contributed by atoms with E-state index in [1.54, 1.807) is 7.11 Å². The summed E-state index contributed by atoms with van der Waals surface area (Å²) in [5, 5.41) is 13.4. The maximum absolute atomic E-state index is 11.3. The number of aromatic carboxylic acids is 1. The molecule has 0 unspecified atom stereocenters. The van der Waals surface area contributed by atoms with Crippen molar-refractivity contribution in [1.29, 1.82) is 0 Å². The van der Waals surface area contributed by atoms with Crippen molar-refractivity contribution < 1.29 is 19.4 Å². The number of rotatable bonds is 6. The molecule has 1 aromatic rings. The van der Waals surface area contributed by atoms with E-state index < -0.39 is 5.97 Å². The Bertz CT molecular complexity index is 424. The summed E-state index contributed by atoms with van der Waals surface area (Å²) in [4.78, 5) is 11.3. The molecule has 1 saturated carbocycles. The first-order valence-corrected chi connectivity index (χ1v) is 6.67. The highest BCUT2D eigenvalue weighted by Crippen LogP contribution is 2.26. The lowest BCUT2D eigenvalue weighted by Crippen LogP contribution is -2.21. The van der Waals surface area contributed by atoms with Gasteiger partial charge < -0.3 is 14.6 Å². The highest BCUT2D eigenvalue weighted by molar-refractivity contribution is 5.88. The van der Waals surface area contributed by atoms with Gasteiger partial charge in [0.1, 0.15) is 0 Å². The first-order valence-electron chi connectivity index (χ1n) is 6.67. The van der Waals surface area contributed by atoms with E-state index in [1.807, 2.05) is 0 Å². The molecular weight excluding hydrogens is 248 g/mol. The Labute approximate surface area is 112 Å². The van der Waals surface area contributed by atoms with Crippen LogP contribution < -0.4 is 4.74 Å². The van der Waals surface area contributed by atoms with E-state index in [1.165, 1.54) is 17.3 Å². The molecule has 1 aliphatic carbocycles. The van der Waals surface area contributed by atoms with E-state index in [9.17, 15) is 9.90 Å². The molecule has 1 aliphatic rings. The maximum Gasteiger partial charge on any atom is 0.358 e. The first-order chi connectivity index (χ1) is 9.22. The lowest BCUT2D eigenvalue weighted by molar-refractivity contribution is 0.0668. The van der Waals surface area contributed by atoms with Gasteiger partial charge in [0, 0.05) is 7.11 Å². The number of methoxy groups -OCH3 is 1. The van der Waals surface area contributed by atoms with Crippen molar-refractivity contribution in [2.24, 2.45) is 0 Å². The number of nitrogens with zero attached hydrogens (tertiary/aromatic N) is 2. The summed E-state index contributed by atoms with van der Waals surface area (Å²) < 4.78 is 12.2. The van der Waals surface area contributed by atoms with E-state index in [-0.39, 0.29) is 11.8 Å². The third-order valence-corrected chi connectivity index (χ3v) is 3.36. The van der Waals surface area contributed by atoms with Gasteiger partial charge in [0.15, 0.2) is 11.4 Å². The van der Waals surface area contributed by atoms with Crippen LogP contribution in [0, 0.1) is 0 Å². The molecule has 0 aliphatic heterocycles. The highest BCUT2D eigenvalue weighted by atomic mass is 16.5. The molecular formula is C13H20N2O4. The molecule has 1 aromatic heterocycles. The van der Waals surface area contributed by atoms with Crippen molar-refractivity contribution in [2.45, 2.75) is 44.8 Å². The van der Waals surface area contributed by atoms with Gasteiger partial charge in [-0.1, -0.05) is 6.42 Å². The van der Waals surface area contributed by atoms with Gasteiger partial charge in [-0.25, -0.2) is 4.79 Å². The van der Waals surface area contributed by atoms with Crippen LogP contribution in [0.25, 0.3) is 0 Å². The highest BCUT2D eigenvalue weighted by Gasteiger charge is 2.23. The number of hydrogen-bond acceptors (Lipinski definition) is 4. The smallest absolute Gasteiger partial charge is 0.358 e. The maximum atomic E-state index is 11.3. The summed E-state index contributed by atoms with van der Waals surface area (Å²) in [6, 6.07) is 0. The van der Waals surface area contributed by atoms with Gasteiger partial charge in [-0.3, -0.25) is 4.68 Å². The minimum Gasteiger partial charge on any atom is -0.486 e. The number of aromatic nitrogens is 2. The Morgan fingerprint density at radius 1 is 1.47 bits per heavy atom. The molecule has 1 heterocycles. The Morgan fingerprint density at radius 3 is 2.84 bits per heavy atom. The summed E-state index contributed by atoms with van der Waals surface area (Å²) in [6.45, 7) is 0.830. The van der Waals surface area contributed by atoms with Gasteiger partial charge in [0.2, 0.25) is 0 Å². The summed E-state index contributed by atoms with van der Waals surface area (Å²) >= 11 is 0. The van der Waals surface area contributed by atoms with Crippen LogP contribution in [0.4, 0.5) is 0 Å². The molecule has 1 N–H and O–H groups in total. The second kappa shape index (κ2) is 6.56. The Hall–Kier alpha value is -1.56. The number of carboxylic acid groups (broad SMARTS) is 1. The fraction of sp³-hybridized carbons (Fsp3) is 0.692. The third kappa shape index (κ3) is 3.47. The molecule has 0 radical (unpaired) electrons. The van der Waals surface area contributed by atoms with Gasteiger partial charge in [0.25, 0.3) is 0 Å². The van der Waals surface area contributed by atoms with Crippen LogP contribution >= 0.6 is 0 Å². The van der Waals surface area contributed by atoms with Crippen molar-refractivity contribution in [1.82, 2.24) is 9.78 Å². The monoisotopic (exact) mass is 268 g/mol. The minimum atomic E-state index is -1.01. The molecule has 106 valence electrons. The van der Waals surface area contributed by atoms with Crippen LogP contribution in [-0.4, -0.2) is 40.7 Å². The van der Waals surface area contributed by atoms with E-state index in [2.05, 4.69) is 5.10 Å². The molecule has 0 spiro atoms. The van der Waals surface area contributed by atoms with Crippen LogP contribution in [0.1, 0.15) is 42.6 Å². The van der Waals surface area contributed by atoms with Crippen molar-refractivity contribution in [3.05, 3.63) is 11.9 Å². The van der Waals surface area contributed by atoms with Crippen molar-refractivity contribution in [3.8, 4) is 5.75 Å². The molecule has 1 fully saturated rings. The summed E-state index contributed by atoms with van der Waals surface area (Å²) in [7, 11) is 1.57. The zero-order valence-corrected chi connectivity index (χ0v) is 11.2. The number of ether oxygens (including phenoxy) is 2. The lowest BCUT2D eigenvalue weighted by atomic mass is 9.98. The zero-order valence-electron chi connectivity index (χ0n) is 11.2. The predicted octanol–water partition coefficient (Wildman–Crippen LogP) is 1.94. The fourth-order valence-electron chi connectivity index (χ4n) is 2.38. The standard InChI is InChI=1S/C13H20N2O4/c1-18-8-7-15-12(13(16)17)11(9-14-15)19-10-5-3-2-4-6-10/h9-10H,2-8H2,1H3,(H,16,17). The molecule has 0 amide bonds. The van der Waals surface area contributed by atoms with Gasteiger partial charge in [0.05, 0.1) is 25.5 Å². The van der Waals surface area contributed by atoms with Crippen molar-refractivity contribution in [3.63, 3.8) is 0 Å². The minimum absolute atomic E-state index is 0.114. The molecule has 0 atom stereocenters. The molecule has 0 aromatic carbocycles. The van der Waals surface area contributed by atoms with Crippen molar-refractivity contribution >= 4 is 5.97 Å². The average molecular weight is 268 g/mol. The van der Waals surface area contributed by atoms with Gasteiger partial charge >= 0.3 is 5.97 Å². The number of carbonyl (C=O) groups is 1. The number of hydrogen-bond donors (Lipinski definition) is 1. The van der Waals surface area contributed by atoms with E-state index in [0.29, 0.717) is 18.9 Å².